The van der Waals surface area contributed by atoms with E-state index in [1.165, 1.54) is 25.1 Å². The maximum Gasteiger partial charge on any atom is 0.416 e. The topological polar surface area (TPSA) is 44.8 Å². The second-order valence-electron chi connectivity index (χ2n) is 5.23. The number of benzene rings is 2. The van der Waals surface area contributed by atoms with Crippen LogP contribution in [0.2, 0.25) is 0 Å². The Hall–Kier alpha value is -2.77. The Kier molecular flexibility index (Phi) is 6.07. The lowest BCUT2D eigenvalue weighted by atomic mass is 10.2. The molecule has 0 aromatic heterocycles. The maximum atomic E-state index is 13.8. The van der Waals surface area contributed by atoms with Crippen LogP contribution in [0.4, 0.5) is 17.6 Å². The summed E-state index contributed by atoms with van der Waals surface area (Å²) >= 11 is 0. The van der Waals surface area contributed by atoms with E-state index in [4.69, 9.17) is 14.2 Å². The molecule has 0 saturated carbocycles. The number of hydrogen-bond donors (Lipinski definition) is 0. The van der Waals surface area contributed by atoms with E-state index in [-0.39, 0.29) is 23.9 Å². The predicted molar refractivity (Wildman–Crippen MR) is 84.6 cm³/mol. The molecule has 0 bridgehead atoms. The van der Waals surface area contributed by atoms with Crippen LogP contribution in [0.1, 0.15) is 19.4 Å². The van der Waals surface area contributed by atoms with E-state index >= 15 is 0 Å². The molecule has 0 radical (unpaired) electrons. The number of hydrogen-bond acceptors (Lipinski definition) is 4. The normalized spacial score (nSPS) is 12.4. The zero-order valence-corrected chi connectivity index (χ0v) is 14.0. The lowest BCUT2D eigenvalue weighted by molar-refractivity contribution is -0.150. The van der Waals surface area contributed by atoms with Gasteiger partial charge in [0.15, 0.2) is 17.7 Å². The molecular weight excluding hydrogens is 356 g/mol. The molecule has 0 unspecified atom stereocenters. The van der Waals surface area contributed by atoms with Gasteiger partial charge in [0.25, 0.3) is 0 Å². The van der Waals surface area contributed by atoms with Crippen molar-refractivity contribution in [3.05, 3.63) is 53.8 Å². The summed E-state index contributed by atoms with van der Waals surface area (Å²) < 4.78 is 67.0. The largest absolute Gasteiger partial charge is 0.479 e. The van der Waals surface area contributed by atoms with Gasteiger partial charge in [-0.3, -0.25) is 0 Å². The highest BCUT2D eigenvalue weighted by Crippen LogP contribution is 2.34. The molecule has 0 aliphatic rings. The Morgan fingerprint density at radius 3 is 2.42 bits per heavy atom. The first-order valence-corrected chi connectivity index (χ1v) is 7.68. The third-order valence-corrected chi connectivity index (χ3v) is 3.22. The van der Waals surface area contributed by atoms with E-state index in [2.05, 4.69) is 0 Å². The molecule has 0 aliphatic carbocycles. The molecule has 0 fully saturated rings. The van der Waals surface area contributed by atoms with Crippen LogP contribution in [0.25, 0.3) is 0 Å². The van der Waals surface area contributed by atoms with Crippen molar-refractivity contribution in [2.24, 2.45) is 0 Å². The molecule has 0 heterocycles. The summed E-state index contributed by atoms with van der Waals surface area (Å²) in [6.07, 6.45) is -5.51. The van der Waals surface area contributed by atoms with Gasteiger partial charge in [0.1, 0.15) is 11.5 Å². The lowest BCUT2D eigenvalue weighted by Crippen LogP contribution is -2.26. The van der Waals surface area contributed by atoms with Gasteiger partial charge in [-0.25, -0.2) is 9.18 Å². The van der Waals surface area contributed by atoms with Crippen LogP contribution in [-0.4, -0.2) is 18.7 Å². The number of rotatable bonds is 6. The summed E-state index contributed by atoms with van der Waals surface area (Å²) in [5.41, 5.74) is -1.11. The lowest BCUT2D eigenvalue weighted by Gasteiger charge is -2.14. The van der Waals surface area contributed by atoms with E-state index in [9.17, 15) is 22.4 Å². The van der Waals surface area contributed by atoms with Crippen molar-refractivity contribution < 1.29 is 36.6 Å². The van der Waals surface area contributed by atoms with Crippen LogP contribution in [0, 0.1) is 5.82 Å². The Balaban J connectivity index is 2.12. The molecule has 0 N–H and O–H groups in total. The van der Waals surface area contributed by atoms with Gasteiger partial charge in [0.05, 0.1) is 12.2 Å². The fourth-order valence-electron chi connectivity index (χ4n) is 2.01. The third-order valence-electron chi connectivity index (χ3n) is 3.22. The summed E-state index contributed by atoms with van der Waals surface area (Å²) in [5.74, 6) is -1.67. The smallest absolute Gasteiger partial charge is 0.416 e. The van der Waals surface area contributed by atoms with Gasteiger partial charge < -0.3 is 14.2 Å². The molecule has 0 spiro atoms. The van der Waals surface area contributed by atoms with Crippen molar-refractivity contribution in [1.82, 2.24) is 0 Å². The van der Waals surface area contributed by atoms with Crippen LogP contribution in [0.5, 0.6) is 17.2 Å². The molecule has 0 aliphatic heterocycles. The summed E-state index contributed by atoms with van der Waals surface area (Å²) in [7, 11) is 0. The average molecular weight is 372 g/mol. The molecule has 0 amide bonds. The monoisotopic (exact) mass is 372 g/mol. The van der Waals surface area contributed by atoms with Gasteiger partial charge in [-0.15, -0.1) is 0 Å². The van der Waals surface area contributed by atoms with Crippen molar-refractivity contribution in [3.63, 3.8) is 0 Å². The minimum atomic E-state index is -4.64. The predicted octanol–water partition coefficient (Wildman–Crippen LogP) is 4.97. The van der Waals surface area contributed by atoms with Gasteiger partial charge in [0.2, 0.25) is 0 Å². The van der Waals surface area contributed by atoms with Gasteiger partial charge in [-0.05, 0) is 44.2 Å². The number of alkyl halides is 3. The number of carbonyl (C=O) groups is 1. The van der Waals surface area contributed by atoms with Crippen LogP contribution >= 0.6 is 0 Å². The van der Waals surface area contributed by atoms with E-state index in [0.29, 0.717) is 6.07 Å². The molecular formula is C18H16F4O4. The van der Waals surface area contributed by atoms with Crippen LogP contribution in [0.3, 0.4) is 0 Å². The highest BCUT2D eigenvalue weighted by Gasteiger charge is 2.31. The standard InChI is InChI=1S/C18H16F4O4/c1-3-24-17(23)11(2)25-13-5-4-6-14(10-13)26-16-8-7-12(9-15(16)19)18(20,21)22/h4-11H,3H2,1-2H3/t11-/m1/s1. The number of esters is 1. The summed E-state index contributed by atoms with van der Waals surface area (Å²) in [6.45, 7) is 3.38. The van der Waals surface area contributed by atoms with E-state index < -0.39 is 29.6 Å². The van der Waals surface area contributed by atoms with E-state index in [1.54, 1.807) is 13.0 Å². The number of halogens is 4. The van der Waals surface area contributed by atoms with Gasteiger partial charge >= 0.3 is 12.1 Å². The molecule has 140 valence electrons. The van der Waals surface area contributed by atoms with Crippen LogP contribution < -0.4 is 9.47 Å². The molecule has 2 aromatic carbocycles. The van der Waals surface area contributed by atoms with Crippen molar-refractivity contribution in [2.75, 3.05) is 6.61 Å². The van der Waals surface area contributed by atoms with Gasteiger partial charge in [-0.1, -0.05) is 6.07 Å². The maximum absolute atomic E-state index is 13.8. The van der Waals surface area contributed by atoms with Gasteiger partial charge in [0, 0.05) is 6.07 Å². The summed E-state index contributed by atoms with van der Waals surface area (Å²) in [6, 6.07) is 7.91. The molecule has 4 nitrogen and oxygen atoms in total. The summed E-state index contributed by atoms with van der Waals surface area (Å²) in [4.78, 5) is 11.6. The van der Waals surface area contributed by atoms with E-state index in [1.807, 2.05) is 0 Å². The number of ether oxygens (including phenoxy) is 3. The second kappa shape index (κ2) is 8.07. The minimum absolute atomic E-state index is 0.136. The Morgan fingerprint density at radius 2 is 1.81 bits per heavy atom. The fraction of sp³-hybridized carbons (Fsp3) is 0.278. The molecule has 8 heteroatoms. The van der Waals surface area contributed by atoms with E-state index in [0.717, 1.165) is 12.1 Å². The first-order valence-electron chi connectivity index (χ1n) is 7.68. The minimum Gasteiger partial charge on any atom is -0.479 e. The Bertz CT molecular complexity index is 774. The zero-order chi connectivity index (χ0) is 19.3. The average Bonchev–Trinajstić information content (AvgIpc) is 2.56. The van der Waals surface area contributed by atoms with Crippen molar-refractivity contribution in [3.8, 4) is 17.2 Å². The van der Waals surface area contributed by atoms with Crippen molar-refractivity contribution >= 4 is 5.97 Å². The first kappa shape index (κ1) is 19.6. The zero-order valence-electron chi connectivity index (χ0n) is 14.0. The summed E-state index contributed by atoms with van der Waals surface area (Å²) in [5, 5.41) is 0. The fourth-order valence-corrected chi connectivity index (χ4v) is 2.01. The van der Waals surface area contributed by atoms with Gasteiger partial charge in [-0.2, -0.15) is 13.2 Å². The third kappa shape index (κ3) is 5.11. The highest BCUT2D eigenvalue weighted by molar-refractivity contribution is 5.74. The molecule has 2 rings (SSSR count). The van der Waals surface area contributed by atoms with Crippen LogP contribution in [0.15, 0.2) is 42.5 Å². The molecule has 26 heavy (non-hydrogen) atoms. The van der Waals surface area contributed by atoms with Crippen molar-refractivity contribution in [2.45, 2.75) is 26.1 Å². The van der Waals surface area contributed by atoms with Crippen molar-refractivity contribution in [1.29, 1.82) is 0 Å². The first-order chi connectivity index (χ1) is 12.2. The van der Waals surface area contributed by atoms with Crippen LogP contribution in [-0.2, 0) is 15.7 Å². The quantitative estimate of drug-likeness (QED) is 0.531. The number of carbonyl (C=O) groups excluding carboxylic acids is 1. The molecule has 2 aromatic rings. The SMILES string of the molecule is CCOC(=O)[C@@H](C)Oc1cccc(Oc2ccc(C(F)(F)F)cc2F)c1. The highest BCUT2D eigenvalue weighted by atomic mass is 19.4. The Labute approximate surface area is 147 Å². The molecule has 0 saturated heterocycles. The Morgan fingerprint density at radius 1 is 1.12 bits per heavy atom. The molecule has 1 atom stereocenters. The second-order valence-corrected chi connectivity index (χ2v) is 5.23.